The average Bonchev–Trinajstić information content (AvgIpc) is 2.89. The molecule has 0 aliphatic rings. The van der Waals surface area contributed by atoms with Gasteiger partial charge in [0.05, 0.1) is 34.1 Å². The largest absolute Gasteiger partial charge is 0.396 e. The van der Waals surface area contributed by atoms with Gasteiger partial charge in [-0.3, -0.25) is 0 Å². The van der Waals surface area contributed by atoms with Crippen LogP contribution in [-0.2, 0) is 10.0 Å². The smallest absolute Gasteiger partial charge is 0.284 e. The molecule has 3 aromatic rings. The van der Waals surface area contributed by atoms with E-state index in [1.54, 1.807) is 18.2 Å². The highest BCUT2D eigenvalue weighted by molar-refractivity contribution is 7.90. The Balaban J connectivity index is 2.29. The molecule has 0 saturated carbocycles. The number of nitrogen functional groups attached to an aromatic ring is 2. The summed E-state index contributed by atoms with van der Waals surface area (Å²) >= 11 is 0. The van der Waals surface area contributed by atoms with Crippen molar-refractivity contribution in [2.75, 3.05) is 11.5 Å². The minimum absolute atomic E-state index is 0.127. The van der Waals surface area contributed by atoms with Crippen LogP contribution in [0.25, 0.3) is 11.0 Å². The molecule has 0 amide bonds. The van der Waals surface area contributed by atoms with Gasteiger partial charge in [0, 0.05) is 0 Å². The number of rotatable bonds is 2. The fraction of sp³-hybridized carbons (Fsp3) is 0. The number of anilines is 2. The first-order valence-electron chi connectivity index (χ1n) is 5.70. The van der Waals surface area contributed by atoms with Crippen molar-refractivity contribution in [2.24, 2.45) is 0 Å². The van der Waals surface area contributed by atoms with Gasteiger partial charge < -0.3 is 11.5 Å². The van der Waals surface area contributed by atoms with Gasteiger partial charge in [0.25, 0.3) is 10.0 Å². The van der Waals surface area contributed by atoms with Crippen LogP contribution in [0.1, 0.15) is 0 Å². The van der Waals surface area contributed by atoms with Crippen molar-refractivity contribution in [3.63, 3.8) is 0 Å². The molecule has 0 fully saturated rings. The summed E-state index contributed by atoms with van der Waals surface area (Å²) in [4.78, 5) is 4.14. The molecule has 0 bridgehead atoms. The SMILES string of the molecule is Nc1cnc2c(cnn2S(=O)(=O)c2ccccc2)c1N. The molecule has 4 N–H and O–H groups in total. The number of hydrogen-bond acceptors (Lipinski definition) is 6. The molecule has 20 heavy (non-hydrogen) atoms. The highest BCUT2D eigenvalue weighted by Gasteiger charge is 2.22. The van der Waals surface area contributed by atoms with Gasteiger partial charge in [-0.25, -0.2) is 4.98 Å². The first-order chi connectivity index (χ1) is 9.51. The van der Waals surface area contributed by atoms with Gasteiger partial charge in [0.2, 0.25) is 0 Å². The molecule has 0 unspecified atom stereocenters. The molecule has 0 atom stereocenters. The summed E-state index contributed by atoms with van der Waals surface area (Å²) in [6, 6.07) is 7.99. The molecule has 0 saturated heterocycles. The average molecular weight is 289 g/mol. The minimum Gasteiger partial charge on any atom is -0.396 e. The van der Waals surface area contributed by atoms with E-state index in [2.05, 4.69) is 10.1 Å². The van der Waals surface area contributed by atoms with Crippen molar-refractivity contribution in [3.8, 4) is 0 Å². The van der Waals surface area contributed by atoms with E-state index in [4.69, 9.17) is 11.5 Å². The second kappa shape index (κ2) is 4.20. The molecule has 8 heteroatoms. The Kier molecular flexibility index (Phi) is 2.61. The lowest BCUT2D eigenvalue weighted by atomic mass is 10.3. The van der Waals surface area contributed by atoms with Crippen molar-refractivity contribution < 1.29 is 8.42 Å². The molecule has 7 nitrogen and oxygen atoms in total. The summed E-state index contributed by atoms with van der Waals surface area (Å²) < 4.78 is 25.8. The van der Waals surface area contributed by atoms with Crippen molar-refractivity contribution in [1.29, 1.82) is 0 Å². The minimum atomic E-state index is -3.81. The van der Waals surface area contributed by atoms with Crippen LogP contribution in [0.5, 0.6) is 0 Å². The van der Waals surface area contributed by atoms with Gasteiger partial charge in [-0.1, -0.05) is 18.2 Å². The van der Waals surface area contributed by atoms with Crippen LogP contribution in [-0.4, -0.2) is 22.6 Å². The summed E-state index contributed by atoms with van der Waals surface area (Å²) in [6.07, 6.45) is 2.66. The topological polar surface area (TPSA) is 117 Å². The zero-order valence-corrected chi connectivity index (χ0v) is 11.1. The lowest BCUT2D eigenvalue weighted by Gasteiger charge is -2.05. The summed E-state index contributed by atoms with van der Waals surface area (Å²) in [5, 5.41) is 4.28. The Morgan fingerprint density at radius 1 is 1.05 bits per heavy atom. The van der Waals surface area contributed by atoms with Gasteiger partial charge in [-0.2, -0.15) is 13.5 Å². The quantitative estimate of drug-likeness (QED) is 0.721. The summed E-state index contributed by atoms with van der Waals surface area (Å²) in [5.41, 5.74) is 12.1. The third-order valence-electron chi connectivity index (χ3n) is 2.91. The summed E-state index contributed by atoms with van der Waals surface area (Å²) in [7, 11) is -3.81. The Bertz CT molecular complexity index is 887. The van der Waals surface area contributed by atoms with E-state index in [0.29, 0.717) is 5.39 Å². The van der Waals surface area contributed by atoms with E-state index in [1.165, 1.54) is 24.5 Å². The zero-order valence-electron chi connectivity index (χ0n) is 10.3. The maximum Gasteiger partial charge on any atom is 0.284 e. The second-order valence-corrected chi connectivity index (χ2v) is 5.94. The standard InChI is InChI=1S/C12H11N5O2S/c13-10-7-15-12-9(11(10)14)6-16-17(12)20(18,19)8-4-2-1-3-5-8/h1-7H,13H2,(H2,14,15). The molecule has 0 aliphatic heterocycles. The molecule has 2 aromatic heterocycles. The molecule has 2 heterocycles. The van der Waals surface area contributed by atoms with Gasteiger partial charge in [0.1, 0.15) is 0 Å². The number of pyridine rings is 1. The molecule has 1 aromatic carbocycles. The monoisotopic (exact) mass is 289 g/mol. The molecular formula is C12H11N5O2S. The lowest BCUT2D eigenvalue weighted by molar-refractivity contribution is 0.582. The Hall–Kier alpha value is -2.61. The van der Waals surface area contributed by atoms with Crippen molar-refractivity contribution in [2.45, 2.75) is 4.90 Å². The first kappa shape index (κ1) is 12.4. The number of nitrogens with zero attached hydrogens (tertiary/aromatic N) is 3. The molecule has 0 radical (unpaired) electrons. The number of benzene rings is 1. The van der Waals surface area contributed by atoms with E-state index < -0.39 is 10.0 Å². The second-order valence-electron chi connectivity index (χ2n) is 4.17. The highest BCUT2D eigenvalue weighted by atomic mass is 32.2. The first-order valence-corrected chi connectivity index (χ1v) is 7.14. The number of hydrogen-bond donors (Lipinski definition) is 2. The van der Waals surface area contributed by atoms with Crippen LogP contribution in [0.4, 0.5) is 11.4 Å². The fourth-order valence-corrected chi connectivity index (χ4v) is 3.10. The van der Waals surface area contributed by atoms with Crippen molar-refractivity contribution in [1.82, 2.24) is 14.2 Å². The Labute approximate surface area is 114 Å². The van der Waals surface area contributed by atoms with E-state index in [-0.39, 0.29) is 21.9 Å². The third-order valence-corrected chi connectivity index (χ3v) is 4.50. The summed E-state index contributed by atoms with van der Waals surface area (Å²) in [6.45, 7) is 0. The fourth-order valence-electron chi connectivity index (χ4n) is 1.86. The van der Waals surface area contributed by atoms with E-state index >= 15 is 0 Å². The molecular weight excluding hydrogens is 278 g/mol. The van der Waals surface area contributed by atoms with E-state index in [0.717, 1.165) is 4.09 Å². The van der Waals surface area contributed by atoms with Crippen molar-refractivity contribution >= 4 is 32.4 Å². The van der Waals surface area contributed by atoms with Crippen LogP contribution in [0.2, 0.25) is 0 Å². The highest BCUT2D eigenvalue weighted by Crippen LogP contribution is 2.26. The third kappa shape index (κ3) is 1.69. The van der Waals surface area contributed by atoms with Gasteiger partial charge in [-0.15, -0.1) is 4.09 Å². The van der Waals surface area contributed by atoms with Gasteiger partial charge in [0.15, 0.2) is 5.65 Å². The van der Waals surface area contributed by atoms with E-state index in [1.807, 2.05) is 0 Å². The Morgan fingerprint density at radius 3 is 2.45 bits per heavy atom. The van der Waals surface area contributed by atoms with Crippen LogP contribution >= 0.6 is 0 Å². The molecule has 0 spiro atoms. The Morgan fingerprint density at radius 2 is 1.75 bits per heavy atom. The maximum absolute atomic E-state index is 12.5. The van der Waals surface area contributed by atoms with Crippen LogP contribution in [0.15, 0.2) is 47.6 Å². The van der Waals surface area contributed by atoms with Crippen LogP contribution in [0.3, 0.4) is 0 Å². The molecule has 102 valence electrons. The zero-order chi connectivity index (χ0) is 14.3. The van der Waals surface area contributed by atoms with Gasteiger partial charge in [-0.05, 0) is 12.1 Å². The van der Waals surface area contributed by atoms with Crippen LogP contribution < -0.4 is 11.5 Å². The van der Waals surface area contributed by atoms with Gasteiger partial charge >= 0.3 is 0 Å². The van der Waals surface area contributed by atoms with Crippen LogP contribution in [0, 0.1) is 0 Å². The molecule has 3 rings (SSSR count). The van der Waals surface area contributed by atoms with E-state index in [9.17, 15) is 8.42 Å². The van der Waals surface area contributed by atoms with Crippen molar-refractivity contribution in [3.05, 3.63) is 42.7 Å². The number of fused-ring (bicyclic) bond motifs is 1. The predicted octanol–water partition coefficient (Wildman–Crippen LogP) is 0.833. The maximum atomic E-state index is 12.5. The predicted molar refractivity (Wildman–Crippen MR) is 75.4 cm³/mol. The number of aromatic nitrogens is 3. The lowest BCUT2D eigenvalue weighted by Crippen LogP contribution is -2.15. The number of nitrogens with two attached hydrogens (primary N) is 2. The summed E-state index contributed by atoms with van der Waals surface area (Å²) in [5.74, 6) is 0. The molecule has 0 aliphatic carbocycles. The normalized spacial score (nSPS) is 11.8.